The molecular weight excluding hydrogens is 532 g/mol. The van der Waals surface area contributed by atoms with Crippen molar-refractivity contribution in [1.29, 1.82) is 0 Å². The van der Waals surface area contributed by atoms with Gasteiger partial charge in [0.1, 0.15) is 0 Å². The minimum absolute atomic E-state index is 0.000632. The molecule has 0 fully saturated rings. The highest BCUT2D eigenvalue weighted by atomic mass is 32.1. The van der Waals surface area contributed by atoms with E-state index in [0.717, 1.165) is 45.4 Å². The zero-order valence-electron chi connectivity index (χ0n) is 21.6. The molecule has 0 radical (unpaired) electrons. The van der Waals surface area contributed by atoms with E-state index in [9.17, 15) is 20.3 Å². The van der Waals surface area contributed by atoms with Gasteiger partial charge < -0.3 is 29.8 Å². The molecular formula is C27H26N8O4S. The zero-order valence-corrected chi connectivity index (χ0v) is 22.4. The van der Waals surface area contributed by atoms with Crippen molar-refractivity contribution >= 4 is 66.8 Å². The average Bonchev–Trinajstić information content (AvgIpc) is 3.57. The molecule has 5 aromatic rings. The summed E-state index contributed by atoms with van der Waals surface area (Å²) in [6, 6.07) is 19.2. The molecule has 2 aromatic heterocycles. The highest BCUT2D eigenvalue weighted by Gasteiger charge is 2.14. The second-order valence-corrected chi connectivity index (χ2v) is 9.58. The second-order valence-electron chi connectivity index (χ2n) is 8.74. The van der Waals surface area contributed by atoms with Crippen molar-refractivity contribution in [2.45, 2.75) is 13.5 Å². The Morgan fingerprint density at radius 3 is 1.95 bits per heavy atom. The minimum Gasteiger partial charge on any atom is -0.395 e. The minimum atomic E-state index is -0.558. The van der Waals surface area contributed by atoms with Crippen LogP contribution in [0.5, 0.6) is 0 Å². The topological polar surface area (TPSA) is 154 Å². The Labute approximate surface area is 232 Å². The van der Waals surface area contributed by atoms with Gasteiger partial charge in [0.05, 0.1) is 35.7 Å². The number of azo groups is 2. The number of rotatable bonds is 11. The fourth-order valence-corrected chi connectivity index (χ4v) is 5.07. The summed E-state index contributed by atoms with van der Waals surface area (Å²) in [7, 11) is 0. The highest BCUT2D eigenvalue weighted by Crippen LogP contribution is 2.35. The molecule has 0 unspecified atom stereocenters. The van der Waals surface area contributed by atoms with Crippen LogP contribution in [-0.4, -0.2) is 51.0 Å². The number of fused-ring (bicyclic) bond motifs is 3. The van der Waals surface area contributed by atoms with E-state index >= 15 is 0 Å². The molecule has 5 rings (SSSR count). The van der Waals surface area contributed by atoms with Crippen LogP contribution in [0.25, 0.3) is 21.8 Å². The molecule has 0 aliphatic carbocycles. The number of aliphatic hydroxyl groups is 2. The number of nitrogens with zero attached hydrogens (tertiary/aromatic N) is 8. The van der Waals surface area contributed by atoms with Crippen molar-refractivity contribution in [3.63, 3.8) is 0 Å². The quantitative estimate of drug-likeness (QED) is 0.103. The van der Waals surface area contributed by atoms with Crippen molar-refractivity contribution in [2.24, 2.45) is 20.5 Å². The normalized spacial score (nSPS) is 11.9. The zero-order chi connectivity index (χ0) is 28.1. The van der Waals surface area contributed by atoms with Gasteiger partial charge in [-0.2, -0.15) is 10.2 Å². The van der Waals surface area contributed by atoms with Gasteiger partial charge in [-0.1, -0.05) is 16.5 Å². The number of aryl methyl sites for hydroxylation is 1. The van der Waals surface area contributed by atoms with Gasteiger partial charge >= 0.3 is 10.9 Å². The van der Waals surface area contributed by atoms with E-state index in [1.165, 1.54) is 5.38 Å². The van der Waals surface area contributed by atoms with Crippen LogP contribution >= 0.6 is 11.3 Å². The Hall–Kier alpha value is -4.59. The van der Waals surface area contributed by atoms with Gasteiger partial charge in [-0.15, -0.1) is 5.11 Å². The van der Waals surface area contributed by atoms with Crippen molar-refractivity contribution in [3.8, 4) is 0 Å². The maximum Gasteiger partial charge on any atom is 0.377 e. The smallest absolute Gasteiger partial charge is 0.377 e. The van der Waals surface area contributed by atoms with Crippen molar-refractivity contribution in [3.05, 3.63) is 76.2 Å². The second kappa shape index (κ2) is 12.1. The van der Waals surface area contributed by atoms with E-state index in [0.29, 0.717) is 30.2 Å². The third kappa shape index (κ3) is 5.71. The molecule has 0 aliphatic heterocycles. The predicted molar refractivity (Wildman–Crippen MR) is 155 cm³/mol. The molecule has 2 N–H and O–H groups in total. The summed E-state index contributed by atoms with van der Waals surface area (Å²) in [6.07, 6.45) is 0. The van der Waals surface area contributed by atoms with Crippen molar-refractivity contribution in [1.82, 2.24) is 9.55 Å². The maximum atomic E-state index is 10.9. The summed E-state index contributed by atoms with van der Waals surface area (Å²) in [5.74, 6) is -0.247. The molecule has 0 saturated heterocycles. The summed E-state index contributed by atoms with van der Waals surface area (Å²) in [6.45, 7) is 3.73. The van der Waals surface area contributed by atoms with E-state index in [2.05, 4.69) is 36.9 Å². The molecule has 0 aliphatic rings. The Balaban J connectivity index is 1.43. The summed E-state index contributed by atoms with van der Waals surface area (Å²) in [5, 5.41) is 50.1. The van der Waals surface area contributed by atoms with Crippen LogP contribution in [0.4, 0.5) is 33.7 Å². The van der Waals surface area contributed by atoms with Gasteiger partial charge in [0.15, 0.2) is 0 Å². The Bertz CT molecular complexity index is 1710. The molecule has 0 spiro atoms. The van der Waals surface area contributed by atoms with Gasteiger partial charge in [-0.3, -0.25) is 0 Å². The number of anilines is 1. The van der Waals surface area contributed by atoms with Gasteiger partial charge in [0.2, 0.25) is 0 Å². The number of aromatic nitrogens is 2. The SMILES string of the molecule is CCn1c2ccc(N=Nc3ccc(N(CCO)CCO)cc3)cc2c2cc(N=Nc3nc([N+](=O)[O-])cs3)ccc21. The molecule has 13 heteroatoms. The third-order valence-electron chi connectivity index (χ3n) is 6.30. The van der Waals surface area contributed by atoms with Crippen molar-refractivity contribution in [2.75, 3.05) is 31.2 Å². The molecule has 40 heavy (non-hydrogen) atoms. The number of thiazole rings is 1. The molecule has 0 saturated carbocycles. The summed E-state index contributed by atoms with van der Waals surface area (Å²) >= 11 is 1.06. The summed E-state index contributed by atoms with van der Waals surface area (Å²) in [5.41, 5.74) is 4.95. The standard InChI is InChI=1S/C27H26N8O4S/c1-2-34-24-9-5-19(30-29-18-3-7-21(8-4-18)33(11-13-36)12-14-37)15-22(24)23-16-20(6-10-25(23)34)31-32-27-28-26(17-40-27)35(38)39/h3-10,15-17,36-37H,2,11-14H2,1H3. The third-order valence-corrected chi connectivity index (χ3v) is 7.01. The van der Waals surface area contributed by atoms with Crippen LogP contribution in [0.3, 0.4) is 0 Å². The van der Waals surface area contributed by atoms with Crippen LogP contribution < -0.4 is 4.90 Å². The van der Waals surface area contributed by atoms with Gasteiger partial charge in [0, 0.05) is 47.1 Å². The highest BCUT2D eigenvalue weighted by molar-refractivity contribution is 7.13. The first-order valence-corrected chi connectivity index (χ1v) is 13.4. The first-order valence-electron chi connectivity index (χ1n) is 12.6. The first kappa shape index (κ1) is 27.0. The Morgan fingerprint density at radius 2 is 1.43 bits per heavy atom. The molecule has 3 aromatic carbocycles. The van der Waals surface area contributed by atoms with E-state index in [1.54, 1.807) is 0 Å². The lowest BCUT2D eigenvalue weighted by Crippen LogP contribution is -2.29. The fourth-order valence-electron chi connectivity index (χ4n) is 4.49. The lowest BCUT2D eigenvalue weighted by atomic mass is 10.1. The molecule has 12 nitrogen and oxygen atoms in total. The molecule has 0 amide bonds. The molecule has 0 bridgehead atoms. The van der Waals surface area contributed by atoms with Crippen LogP contribution in [0.2, 0.25) is 0 Å². The maximum absolute atomic E-state index is 10.9. The van der Waals surface area contributed by atoms with E-state index < -0.39 is 4.92 Å². The number of nitro groups is 1. The van der Waals surface area contributed by atoms with Crippen molar-refractivity contribution < 1.29 is 15.1 Å². The van der Waals surface area contributed by atoms with E-state index in [4.69, 9.17) is 0 Å². The predicted octanol–water partition coefficient (Wildman–Crippen LogP) is 6.80. The fraction of sp³-hybridized carbons (Fsp3) is 0.222. The lowest BCUT2D eigenvalue weighted by Gasteiger charge is -2.22. The van der Waals surface area contributed by atoms with Gasteiger partial charge in [0.25, 0.3) is 0 Å². The van der Waals surface area contributed by atoms with Crippen LogP contribution in [0.1, 0.15) is 6.92 Å². The van der Waals surface area contributed by atoms with Crippen LogP contribution in [0, 0.1) is 10.1 Å². The average molecular weight is 559 g/mol. The molecule has 2 heterocycles. The molecule has 204 valence electrons. The Morgan fingerprint density at radius 1 is 0.875 bits per heavy atom. The molecule has 0 atom stereocenters. The van der Waals surface area contributed by atoms with Gasteiger partial charge in [-0.25, -0.2) is 0 Å². The van der Waals surface area contributed by atoms with E-state index in [-0.39, 0.29) is 24.2 Å². The summed E-state index contributed by atoms with van der Waals surface area (Å²) < 4.78 is 2.21. The largest absolute Gasteiger partial charge is 0.395 e. The van der Waals surface area contributed by atoms with Crippen LogP contribution in [-0.2, 0) is 6.54 Å². The van der Waals surface area contributed by atoms with E-state index in [1.807, 2.05) is 65.6 Å². The monoisotopic (exact) mass is 558 g/mol. The lowest BCUT2D eigenvalue weighted by molar-refractivity contribution is -0.389. The summed E-state index contributed by atoms with van der Waals surface area (Å²) in [4.78, 5) is 16.1. The Kier molecular flexibility index (Phi) is 8.15. The van der Waals surface area contributed by atoms with Gasteiger partial charge in [-0.05, 0) is 77.5 Å². The van der Waals surface area contributed by atoms with Crippen LogP contribution in [0.15, 0.2) is 86.5 Å². The first-order chi connectivity index (χ1) is 19.5. The number of benzene rings is 3. The number of hydrogen-bond acceptors (Lipinski definition) is 11. The number of aliphatic hydroxyl groups excluding tert-OH is 2. The number of hydrogen-bond donors (Lipinski definition) is 2.